The molecule has 4 aromatic carbocycles. The van der Waals surface area contributed by atoms with Gasteiger partial charge in [0.2, 0.25) is 0 Å². The fourth-order valence-corrected chi connectivity index (χ4v) is 7.88. The van der Waals surface area contributed by atoms with Crippen LogP contribution in [0.15, 0.2) is 167 Å². The Labute approximate surface area is 409 Å². The Bertz CT molecular complexity index is 2440. The van der Waals surface area contributed by atoms with Crippen LogP contribution in [0.5, 0.6) is 0 Å². The predicted molar refractivity (Wildman–Crippen MR) is 266 cm³/mol. The zero-order valence-electron chi connectivity index (χ0n) is 40.2. The van der Waals surface area contributed by atoms with Crippen molar-refractivity contribution < 1.29 is 28.9 Å². The van der Waals surface area contributed by atoms with E-state index in [9.17, 15) is 19.2 Å². The molecule has 0 unspecified atom stereocenters. The third kappa shape index (κ3) is 16.1. The number of pyridine rings is 2. The van der Waals surface area contributed by atoms with E-state index in [-0.39, 0.29) is 62.4 Å². The lowest BCUT2D eigenvalue weighted by atomic mass is 10.2. The lowest BCUT2D eigenvalue weighted by Crippen LogP contribution is -2.49. The van der Waals surface area contributed by atoms with E-state index in [1.165, 1.54) is 31.7 Å². The van der Waals surface area contributed by atoms with E-state index < -0.39 is 0 Å². The van der Waals surface area contributed by atoms with Crippen molar-refractivity contribution in [3.8, 4) is 0 Å². The molecule has 3 heterocycles. The number of rotatable bonds is 20. The molecule has 1 aliphatic heterocycles. The Morgan fingerprint density at radius 2 is 0.700 bits per heavy atom. The van der Waals surface area contributed by atoms with Gasteiger partial charge in [0.1, 0.15) is 26.4 Å². The van der Waals surface area contributed by atoms with Gasteiger partial charge in [0.05, 0.1) is 24.5 Å². The maximum Gasteiger partial charge on any atom is 0.283 e. The third-order valence-electron chi connectivity index (χ3n) is 12.0. The second-order valence-electron chi connectivity index (χ2n) is 17.2. The van der Waals surface area contributed by atoms with Crippen LogP contribution >= 0.6 is 0 Å². The molecule has 1 saturated heterocycles. The molecule has 1 aliphatic rings. The van der Waals surface area contributed by atoms with Crippen LogP contribution in [-0.2, 0) is 58.8 Å². The molecule has 16 heteroatoms. The second-order valence-corrected chi connectivity index (χ2v) is 17.2. The second kappa shape index (κ2) is 26.7. The van der Waals surface area contributed by atoms with Crippen molar-refractivity contribution in [2.24, 2.45) is 0 Å². The van der Waals surface area contributed by atoms with Crippen molar-refractivity contribution in [1.82, 2.24) is 39.2 Å². The molecule has 368 valence electrons. The molecule has 0 bridgehead atoms. The highest BCUT2D eigenvalue weighted by Crippen LogP contribution is 2.12. The Morgan fingerprint density at radius 3 is 1.03 bits per heavy atom. The Kier molecular flexibility index (Phi) is 19.5. The molecule has 0 spiro atoms. The number of hydrogen-bond acceptors (Lipinski definition) is 12. The van der Waals surface area contributed by atoms with E-state index in [1.807, 2.05) is 133 Å². The van der Waals surface area contributed by atoms with E-state index in [4.69, 9.17) is 19.4 Å². The van der Waals surface area contributed by atoms with Crippen LogP contribution in [0.2, 0.25) is 0 Å². The normalized spacial score (nSPS) is 14.5. The number of amides is 2. The van der Waals surface area contributed by atoms with Crippen LogP contribution in [0.3, 0.4) is 0 Å². The van der Waals surface area contributed by atoms with Crippen molar-refractivity contribution in [3.05, 3.63) is 212 Å². The summed E-state index contributed by atoms with van der Waals surface area (Å²) in [6.07, 6.45) is 0. The summed E-state index contributed by atoms with van der Waals surface area (Å²) in [4.78, 5) is 87.3. The molecule has 1 fully saturated rings. The number of nitrogens with zero attached hydrogens (tertiary/aromatic N) is 8. The number of carbonyl (C=O) groups is 2. The maximum absolute atomic E-state index is 13.9. The van der Waals surface area contributed by atoms with Gasteiger partial charge in [-0.2, -0.15) is 0 Å². The molecular weight excluding hydrogens is 889 g/mol. The van der Waals surface area contributed by atoms with E-state index in [2.05, 4.69) is 19.6 Å². The summed E-state index contributed by atoms with van der Waals surface area (Å²) >= 11 is 0. The Hall–Kier alpha value is -6.92. The molecule has 2 aromatic heterocycles. The number of hydroxylamine groups is 4. The molecular formula is C54H64N8O8. The van der Waals surface area contributed by atoms with Crippen LogP contribution in [-0.4, -0.2) is 131 Å². The van der Waals surface area contributed by atoms with Gasteiger partial charge >= 0.3 is 0 Å². The average molecular weight is 953 g/mol. The molecule has 0 saturated carbocycles. The van der Waals surface area contributed by atoms with E-state index in [0.717, 1.165) is 22.3 Å². The fraction of sp³-hybridized carbons (Fsp3) is 0.333. The SMILES string of the molecule is CN(OCc1ccccc1)C(=O)CN1CCN(Cc2cccc(=O)n2OCc2ccccc2)CCN(CC(=O)N(C)OCc2ccccc2)CCN(Cc2cccc(=O)n2OCc2ccccc2)CC1. The molecule has 2 amide bonds. The molecule has 70 heavy (non-hydrogen) atoms. The first kappa shape index (κ1) is 50.9. The van der Waals surface area contributed by atoms with Gasteiger partial charge in [-0.25, -0.2) is 10.1 Å². The van der Waals surface area contributed by atoms with Crippen LogP contribution < -0.4 is 20.8 Å². The summed E-state index contributed by atoms with van der Waals surface area (Å²) in [6.45, 7) is 5.76. The number of carbonyl (C=O) groups excluding carboxylic acids is 2. The summed E-state index contributed by atoms with van der Waals surface area (Å²) < 4.78 is 2.71. The van der Waals surface area contributed by atoms with Crippen molar-refractivity contribution in [2.75, 3.05) is 79.5 Å². The highest BCUT2D eigenvalue weighted by Gasteiger charge is 2.24. The minimum atomic E-state index is -0.284. The van der Waals surface area contributed by atoms with Gasteiger partial charge in [-0.1, -0.05) is 133 Å². The molecule has 0 atom stereocenters. The molecule has 6 aromatic rings. The Morgan fingerprint density at radius 1 is 0.400 bits per heavy atom. The summed E-state index contributed by atoms with van der Waals surface area (Å²) in [5.74, 6) is -0.413. The molecule has 0 N–H and O–H groups in total. The van der Waals surface area contributed by atoms with Crippen LogP contribution in [0.4, 0.5) is 0 Å². The number of aromatic nitrogens is 2. The van der Waals surface area contributed by atoms with Crippen molar-refractivity contribution in [3.63, 3.8) is 0 Å². The smallest absolute Gasteiger partial charge is 0.283 e. The van der Waals surface area contributed by atoms with Crippen LogP contribution in [0.1, 0.15) is 33.6 Å². The summed E-state index contributed by atoms with van der Waals surface area (Å²) in [6, 6.07) is 49.0. The Balaban J connectivity index is 1.13. The van der Waals surface area contributed by atoms with Gasteiger partial charge in [-0.3, -0.25) is 48.5 Å². The number of benzene rings is 4. The quantitative estimate of drug-likeness (QED) is 0.101. The van der Waals surface area contributed by atoms with Crippen LogP contribution in [0, 0.1) is 0 Å². The molecule has 16 nitrogen and oxygen atoms in total. The molecule has 0 radical (unpaired) electrons. The zero-order chi connectivity index (χ0) is 48.9. The summed E-state index contributed by atoms with van der Waals surface area (Å²) in [5, 5.41) is 2.60. The third-order valence-corrected chi connectivity index (χ3v) is 12.0. The number of likely N-dealkylation sites (N-methyl/N-ethyl adjacent to an activating group) is 2. The molecule has 0 aliphatic carbocycles. The number of hydrogen-bond donors (Lipinski definition) is 0. The topological polar surface area (TPSA) is 134 Å². The summed E-state index contributed by atoms with van der Waals surface area (Å²) in [5.41, 5.74) is 4.51. The minimum Gasteiger partial charge on any atom is -0.406 e. The van der Waals surface area contributed by atoms with E-state index in [1.54, 1.807) is 26.2 Å². The first-order valence-corrected chi connectivity index (χ1v) is 23.7. The highest BCUT2D eigenvalue weighted by molar-refractivity contribution is 5.77. The van der Waals surface area contributed by atoms with Crippen molar-refractivity contribution in [1.29, 1.82) is 0 Å². The van der Waals surface area contributed by atoms with Gasteiger partial charge in [0.15, 0.2) is 0 Å². The van der Waals surface area contributed by atoms with Crippen molar-refractivity contribution in [2.45, 2.75) is 39.5 Å². The van der Waals surface area contributed by atoms with Crippen LogP contribution in [0.25, 0.3) is 0 Å². The zero-order valence-corrected chi connectivity index (χ0v) is 40.2. The van der Waals surface area contributed by atoms with E-state index in [0.29, 0.717) is 76.8 Å². The van der Waals surface area contributed by atoms with E-state index >= 15 is 0 Å². The van der Waals surface area contributed by atoms with Crippen molar-refractivity contribution >= 4 is 11.8 Å². The lowest BCUT2D eigenvalue weighted by molar-refractivity contribution is -0.183. The van der Waals surface area contributed by atoms with Gasteiger partial charge in [-0.05, 0) is 34.4 Å². The van der Waals surface area contributed by atoms with Gasteiger partial charge in [0, 0.05) is 91.7 Å². The predicted octanol–water partition coefficient (Wildman–Crippen LogP) is 4.37. The van der Waals surface area contributed by atoms with Gasteiger partial charge in [-0.15, -0.1) is 9.46 Å². The molecule has 7 rings (SSSR count). The lowest BCUT2D eigenvalue weighted by Gasteiger charge is -2.35. The minimum absolute atomic E-state index is 0.0787. The standard InChI is InChI=1S/C54H64N8O8/c1-55(67-41-45-17-7-3-8-18-45)53(65)39-59-33-29-57(37-49-25-15-27-51(63)61(49)69-43-47-21-11-5-12-22-47)31-35-60(40-54(66)56(2)68-42-46-19-9-4-10-20-46)36-32-58(30-34-59)38-50-26-16-28-52(64)62(50)70-44-48-23-13-6-14-24-48/h3-28H,29-44H2,1-2H3. The van der Waals surface area contributed by atoms with Gasteiger partial charge in [0.25, 0.3) is 22.9 Å². The first-order chi connectivity index (χ1) is 34.2. The monoisotopic (exact) mass is 952 g/mol. The summed E-state index contributed by atoms with van der Waals surface area (Å²) in [7, 11) is 3.27. The fourth-order valence-electron chi connectivity index (χ4n) is 7.88. The highest BCUT2D eigenvalue weighted by atomic mass is 16.7. The largest absolute Gasteiger partial charge is 0.406 e. The maximum atomic E-state index is 13.9. The first-order valence-electron chi connectivity index (χ1n) is 23.7. The average Bonchev–Trinajstić information content (AvgIpc) is 3.38. The van der Waals surface area contributed by atoms with Gasteiger partial charge < -0.3 is 9.68 Å².